The molecule has 0 aliphatic heterocycles. The summed E-state index contributed by atoms with van der Waals surface area (Å²) in [6, 6.07) is 1.66. The average Bonchev–Trinajstić information content (AvgIpc) is 2.16. The lowest BCUT2D eigenvalue weighted by molar-refractivity contribution is -0.133. The van der Waals surface area contributed by atoms with E-state index in [1.807, 2.05) is 0 Å². The van der Waals surface area contributed by atoms with Crippen molar-refractivity contribution in [3.05, 3.63) is 24.0 Å². The van der Waals surface area contributed by atoms with Crippen LogP contribution >= 0.6 is 0 Å². The fourth-order valence-corrected chi connectivity index (χ4v) is 0.539. The number of esters is 1. The Morgan fingerprint density at radius 1 is 1.58 bits per heavy atom. The van der Waals surface area contributed by atoms with Crippen molar-refractivity contribution in [2.45, 2.75) is 0 Å². The largest absolute Gasteiger partial charge is 0.459 e. The summed E-state index contributed by atoms with van der Waals surface area (Å²) in [5, 5.41) is 7.14. The maximum Gasteiger partial charge on any atom is 0.384 e. The number of aromatic nitrogens is 2. The molecular weight excluding hydrogens is 156 g/mol. The Bertz CT molecular complexity index is 324. The molecule has 0 radical (unpaired) electrons. The van der Waals surface area contributed by atoms with Crippen molar-refractivity contribution in [2.24, 2.45) is 0 Å². The third-order valence-corrected chi connectivity index (χ3v) is 1.08. The SMILES string of the molecule is COC(=O)C#Cc1ccnnc1. The van der Waals surface area contributed by atoms with Crippen LogP contribution in [0.1, 0.15) is 5.56 Å². The van der Waals surface area contributed by atoms with E-state index in [0.29, 0.717) is 5.56 Å². The first-order valence-electron chi connectivity index (χ1n) is 3.19. The normalized spacial score (nSPS) is 8.08. The second-order valence-corrected chi connectivity index (χ2v) is 1.87. The van der Waals surface area contributed by atoms with E-state index < -0.39 is 5.97 Å². The molecule has 4 heteroatoms. The average molecular weight is 162 g/mol. The molecule has 1 heterocycles. The highest BCUT2D eigenvalue weighted by Crippen LogP contribution is 1.88. The zero-order valence-corrected chi connectivity index (χ0v) is 6.44. The lowest BCUT2D eigenvalue weighted by atomic mass is 10.3. The van der Waals surface area contributed by atoms with E-state index in [-0.39, 0.29) is 0 Å². The Kier molecular flexibility index (Phi) is 2.79. The van der Waals surface area contributed by atoms with Gasteiger partial charge in [0.1, 0.15) is 0 Å². The van der Waals surface area contributed by atoms with Gasteiger partial charge in [-0.25, -0.2) is 4.79 Å². The fourth-order valence-electron chi connectivity index (χ4n) is 0.539. The van der Waals surface area contributed by atoms with Gasteiger partial charge in [0.2, 0.25) is 0 Å². The van der Waals surface area contributed by atoms with Gasteiger partial charge in [-0.1, -0.05) is 5.92 Å². The van der Waals surface area contributed by atoms with Gasteiger partial charge in [0, 0.05) is 11.5 Å². The summed E-state index contributed by atoms with van der Waals surface area (Å²) in [5.74, 6) is 4.27. The predicted octanol–water partition coefficient (Wildman–Crippen LogP) is 0.00110. The summed E-state index contributed by atoms with van der Waals surface area (Å²) in [4.78, 5) is 10.6. The topological polar surface area (TPSA) is 52.1 Å². The fraction of sp³-hybridized carbons (Fsp3) is 0.125. The first kappa shape index (κ1) is 8.21. The highest BCUT2D eigenvalue weighted by atomic mass is 16.5. The van der Waals surface area contributed by atoms with E-state index in [9.17, 15) is 4.79 Å². The van der Waals surface area contributed by atoms with E-state index in [0.717, 1.165) is 0 Å². The van der Waals surface area contributed by atoms with E-state index in [1.54, 1.807) is 6.07 Å². The zero-order valence-electron chi connectivity index (χ0n) is 6.44. The number of nitrogens with zero attached hydrogens (tertiary/aromatic N) is 2. The van der Waals surface area contributed by atoms with Crippen LogP contribution in [0.25, 0.3) is 0 Å². The Hall–Kier alpha value is -1.89. The van der Waals surface area contributed by atoms with Crippen molar-refractivity contribution < 1.29 is 9.53 Å². The number of hydrogen-bond donors (Lipinski definition) is 0. The molecule has 4 nitrogen and oxygen atoms in total. The molecule has 0 aliphatic carbocycles. The van der Waals surface area contributed by atoms with Crippen LogP contribution in [0.4, 0.5) is 0 Å². The highest BCUT2D eigenvalue weighted by Gasteiger charge is 1.89. The number of carbonyl (C=O) groups is 1. The summed E-state index contributed by atoms with van der Waals surface area (Å²) in [5.41, 5.74) is 0.635. The summed E-state index contributed by atoms with van der Waals surface area (Å²) in [6.45, 7) is 0. The molecule has 1 aromatic heterocycles. The number of methoxy groups -OCH3 is 1. The van der Waals surface area contributed by atoms with Crippen molar-refractivity contribution in [3.63, 3.8) is 0 Å². The molecule has 0 spiro atoms. The molecule has 0 amide bonds. The van der Waals surface area contributed by atoms with E-state index in [2.05, 4.69) is 26.8 Å². The Morgan fingerprint density at radius 2 is 2.42 bits per heavy atom. The highest BCUT2D eigenvalue weighted by molar-refractivity contribution is 5.88. The second-order valence-electron chi connectivity index (χ2n) is 1.87. The maximum absolute atomic E-state index is 10.6. The van der Waals surface area contributed by atoms with Crippen molar-refractivity contribution >= 4 is 5.97 Å². The number of hydrogen-bond acceptors (Lipinski definition) is 4. The summed E-state index contributed by atoms with van der Waals surface area (Å²) in [6.07, 6.45) is 2.97. The molecule has 0 aliphatic rings. The van der Waals surface area contributed by atoms with Crippen molar-refractivity contribution in [2.75, 3.05) is 7.11 Å². The maximum atomic E-state index is 10.6. The summed E-state index contributed by atoms with van der Waals surface area (Å²) in [7, 11) is 1.28. The first-order chi connectivity index (χ1) is 5.83. The monoisotopic (exact) mass is 162 g/mol. The molecule has 60 valence electrons. The van der Waals surface area contributed by atoms with E-state index in [4.69, 9.17) is 0 Å². The van der Waals surface area contributed by atoms with Crippen LogP contribution in [0.5, 0.6) is 0 Å². The van der Waals surface area contributed by atoms with Gasteiger partial charge in [-0.05, 0) is 6.07 Å². The smallest absolute Gasteiger partial charge is 0.384 e. The molecule has 0 saturated heterocycles. The standard InChI is InChI=1S/C8H6N2O2/c1-12-8(11)3-2-7-4-5-9-10-6-7/h4-6H,1H3. The second kappa shape index (κ2) is 4.09. The van der Waals surface area contributed by atoms with E-state index >= 15 is 0 Å². The van der Waals surface area contributed by atoms with Gasteiger partial charge >= 0.3 is 5.97 Å². The molecule has 1 rings (SSSR count). The minimum Gasteiger partial charge on any atom is -0.459 e. The Morgan fingerprint density at radius 3 is 3.00 bits per heavy atom. The van der Waals surface area contributed by atoms with Crippen LogP contribution in [0, 0.1) is 11.8 Å². The van der Waals surface area contributed by atoms with Gasteiger partial charge in [-0.15, -0.1) is 0 Å². The predicted molar refractivity (Wildman–Crippen MR) is 40.9 cm³/mol. The lowest BCUT2D eigenvalue weighted by Crippen LogP contribution is -1.94. The van der Waals surface area contributed by atoms with Crippen LogP contribution in [0.2, 0.25) is 0 Å². The van der Waals surface area contributed by atoms with Crippen LogP contribution in [-0.2, 0) is 9.53 Å². The van der Waals surface area contributed by atoms with Gasteiger partial charge in [0.15, 0.2) is 0 Å². The third kappa shape index (κ3) is 2.39. The molecule has 0 fully saturated rings. The van der Waals surface area contributed by atoms with Gasteiger partial charge in [0.25, 0.3) is 0 Å². The molecule has 0 atom stereocenters. The van der Waals surface area contributed by atoms with Gasteiger partial charge in [0.05, 0.1) is 19.5 Å². The minimum absolute atomic E-state index is 0.563. The third-order valence-electron chi connectivity index (χ3n) is 1.08. The van der Waals surface area contributed by atoms with Crippen LogP contribution in [-0.4, -0.2) is 23.3 Å². The molecule has 0 saturated carbocycles. The van der Waals surface area contributed by atoms with E-state index in [1.165, 1.54) is 19.5 Å². The van der Waals surface area contributed by atoms with Gasteiger partial charge in [-0.2, -0.15) is 10.2 Å². The molecule has 0 aromatic carbocycles. The van der Waals surface area contributed by atoms with Crippen LogP contribution in [0.15, 0.2) is 18.5 Å². The quantitative estimate of drug-likeness (QED) is 0.398. The number of ether oxygens (including phenoxy) is 1. The van der Waals surface area contributed by atoms with Crippen molar-refractivity contribution in [1.82, 2.24) is 10.2 Å². The van der Waals surface area contributed by atoms with Gasteiger partial charge in [-0.3, -0.25) is 0 Å². The molecule has 12 heavy (non-hydrogen) atoms. The lowest BCUT2D eigenvalue weighted by Gasteiger charge is -1.85. The van der Waals surface area contributed by atoms with Crippen LogP contribution < -0.4 is 0 Å². The molecular formula is C8H6N2O2. The number of carbonyl (C=O) groups excluding carboxylic acids is 1. The van der Waals surface area contributed by atoms with Crippen LogP contribution in [0.3, 0.4) is 0 Å². The molecule has 0 bridgehead atoms. The first-order valence-corrected chi connectivity index (χ1v) is 3.19. The Labute approximate surface area is 69.6 Å². The molecule has 0 unspecified atom stereocenters. The summed E-state index contributed by atoms with van der Waals surface area (Å²) < 4.78 is 4.32. The van der Waals surface area contributed by atoms with Crippen molar-refractivity contribution in [3.8, 4) is 11.8 Å². The van der Waals surface area contributed by atoms with Gasteiger partial charge < -0.3 is 4.74 Å². The summed E-state index contributed by atoms with van der Waals surface area (Å²) >= 11 is 0. The van der Waals surface area contributed by atoms with Crippen molar-refractivity contribution in [1.29, 1.82) is 0 Å². The molecule has 0 N–H and O–H groups in total. The molecule has 1 aromatic rings. The minimum atomic E-state index is -0.563. The number of rotatable bonds is 0. The Balaban J connectivity index is 2.74. The zero-order chi connectivity index (χ0) is 8.81.